The Balaban J connectivity index is 0.00000256. The molecule has 2 aromatic carbocycles. The molecule has 2 atom stereocenters. The molecule has 2 aliphatic rings. The van der Waals surface area contributed by atoms with E-state index in [0.29, 0.717) is 43.2 Å². The number of benzene rings is 2. The zero-order valence-electron chi connectivity index (χ0n) is 16.8. The van der Waals surface area contributed by atoms with E-state index in [1.54, 1.807) is 28.0 Å². The predicted molar refractivity (Wildman–Crippen MR) is 115 cm³/mol. The fraction of sp³-hybridized carbons (Fsp3) is 0.364. The molecular formula is C22H26ClN3O4. The molecule has 7 nitrogen and oxygen atoms in total. The van der Waals surface area contributed by atoms with Crippen LogP contribution in [0.15, 0.2) is 48.5 Å². The van der Waals surface area contributed by atoms with Crippen LogP contribution in [-0.2, 0) is 4.79 Å². The molecule has 0 aliphatic carbocycles. The van der Waals surface area contributed by atoms with Gasteiger partial charge in [-0.25, -0.2) is 0 Å². The van der Waals surface area contributed by atoms with Crippen LogP contribution >= 0.6 is 12.4 Å². The Hall–Kier alpha value is -2.77. The third kappa shape index (κ3) is 4.37. The number of halogens is 1. The molecular weight excluding hydrogens is 406 g/mol. The van der Waals surface area contributed by atoms with E-state index in [1.807, 2.05) is 37.3 Å². The number of hydrogen-bond acceptors (Lipinski definition) is 5. The molecule has 0 saturated carbocycles. The average Bonchev–Trinajstić information content (AvgIpc) is 3.25. The largest absolute Gasteiger partial charge is 0.454 e. The molecule has 0 aromatic heterocycles. The van der Waals surface area contributed by atoms with E-state index in [4.69, 9.17) is 15.2 Å². The van der Waals surface area contributed by atoms with Gasteiger partial charge in [0.1, 0.15) is 0 Å². The van der Waals surface area contributed by atoms with E-state index in [1.165, 1.54) is 0 Å². The average molecular weight is 432 g/mol. The second kappa shape index (κ2) is 9.36. The Labute approximate surface area is 182 Å². The third-order valence-electron chi connectivity index (χ3n) is 5.61. The molecule has 0 spiro atoms. The summed E-state index contributed by atoms with van der Waals surface area (Å²) in [6.45, 7) is 4.03. The lowest BCUT2D eigenvalue weighted by Gasteiger charge is -2.37. The number of carbonyl (C=O) groups is 2. The van der Waals surface area contributed by atoms with Crippen LogP contribution in [0.5, 0.6) is 11.5 Å². The summed E-state index contributed by atoms with van der Waals surface area (Å²) in [6.07, 6.45) is 0. The molecule has 1 fully saturated rings. The fourth-order valence-electron chi connectivity index (χ4n) is 3.75. The summed E-state index contributed by atoms with van der Waals surface area (Å²) in [5, 5.41) is 0. The standard InChI is InChI=1S/C22H25N3O4.ClH/c1-15(20(23)16-5-3-2-4-6-16)21(26)24-9-11-25(12-10-24)22(27)17-7-8-18-19(13-17)29-14-28-18;/h2-8,13,15,20H,9-12,14,23H2,1H3;1H. The maximum Gasteiger partial charge on any atom is 0.254 e. The van der Waals surface area contributed by atoms with Gasteiger partial charge in [0.05, 0.1) is 5.92 Å². The van der Waals surface area contributed by atoms with E-state index in [0.717, 1.165) is 5.56 Å². The number of carbonyl (C=O) groups excluding carboxylic acids is 2. The number of amides is 2. The number of nitrogens with zero attached hydrogens (tertiary/aromatic N) is 2. The first-order valence-electron chi connectivity index (χ1n) is 9.83. The Morgan fingerprint density at radius 2 is 1.57 bits per heavy atom. The van der Waals surface area contributed by atoms with Crippen LogP contribution < -0.4 is 15.2 Å². The van der Waals surface area contributed by atoms with Gasteiger partial charge in [0.15, 0.2) is 11.5 Å². The maximum absolute atomic E-state index is 12.9. The number of ether oxygens (including phenoxy) is 2. The van der Waals surface area contributed by atoms with Gasteiger partial charge in [-0.05, 0) is 23.8 Å². The molecule has 2 aliphatic heterocycles. The van der Waals surface area contributed by atoms with Gasteiger partial charge in [-0.2, -0.15) is 0 Å². The molecule has 160 valence electrons. The van der Waals surface area contributed by atoms with Crippen LogP contribution in [0.2, 0.25) is 0 Å². The van der Waals surface area contributed by atoms with Crippen molar-refractivity contribution < 1.29 is 19.1 Å². The second-order valence-electron chi connectivity index (χ2n) is 7.41. The molecule has 30 heavy (non-hydrogen) atoms. The van der Waals surface area contributed by atoms with E-state index in [9.17, 15) is 9.59 Å². The minimum absolute atomic E-state index is 0. The molecule has 8 heteroatoms. The Morgan fingerprint density at radius 1 is 0.933 bits per heavy atom. The first-order chi connectivity index (χ1) is 14.0. The highest BCUT2D eigenvalue weighted by Crippen LogP contribution is 2.33. The summed E-state index contributed by atoms with van der Waals surface area (Å²) < 4.78 is 10.6. The van der Waals surface area contributed by atoms with Crippen molar-refractivity contribution in [2.45, 2.75) is 13.0 Å². The van der Waals surface area contributed by atoms with Gasteiger partial charge in [-0.1, -0.05) is 37.3 Å². The number of piperazine rings is 1. The summed E-state index contributed by atoms with van der Waals surface area (Å²) in [5.74, 6) is 0.878. The van der Waals surface area contributed by atoms with Crippen molar-refractivity contribution >= 4 is 24.2 Å². The first kappa shape index (κ1) is 21.9. The highest BCUT2D eigenvalue weighted by Gasteiger charge is 2.30. The van der Waals surface area contributed by atoms with Gasteiger partial charge in [0.2, 0.25) is 12.7 Å². The molecule has 2 heterocycles. The monoisotopic (exact) mass is 431 g/mol. The van der Waals surface area contributed by atoms with Gasteiger partial charge in [-0.3, -0.25) is 9.59 Å². The van der Waals surface area contributed by atoms with Crippen LogP contribution in [0.3, 0.4) is 0 Å². The quantitative estimate of drug-likeness (QED) is 0.803. The predicted octanol–water partition coefficient (Wildman–Crippen LogP) is 2.46. The zero-order chi connectivity index (χ0) is 20.4. The van der Waals surface area contributed by atoms with Crippen molar-refractivity contribution in [2.24, 2.45) is 11.7 Å². The van der Waals surface area contributed by atoms with Crippen LogP contribution in [0.4, 0.5) is 0 Å². The molecule has 2 N–H and O–H groups in total. The van der Waals surface area contributed by atoms with Gasteiger partial charge in [-0.15, -0.1) is 12.4 Å². The summed E-state index contributed by atoms with van der Waals surface area (Å²) >= 11 is 0. The van der Waals surface area contributed by atoms with Gasteiger partial charge >= 0.3 is 0 Å². The second-order valence-corrected chi connectivity index (χ2v) is 7.41. The van der Waals surface area contributed by atoms with E-state index < -0.39 is 0 Å². The van der Waals surface area contributed by atoms with Gasteiger partial charge in [0, 0.05) is 37.8 Å². The molecule has 0 radical (unpaired) electrons. The van der Waals surface area contributed by atoms with Crippen LogP contribution in [0.1, 0.15) is 28.9 Å². The fourth-order valence-corrected chi connectivity index (χ4v) is 3.75. The van der Waals surface area contributed by atoms with Crippen LogP contribution in [0, 0.1) is 5.92 Å². The zero-order valence-corrected chi connectivity index (χ0v) is 17.6. The molecule has 2 unspecified atom stereocenters. The highest BCUT2D eigenvalue weighted by atomic mass is 35.5. The van der Waals surface area contributed by atoms with Gasteiger partial charge < -0.3 is 25.0 Å². The third-order valence-corrected chi connectivity index (χ3v) is 5.61. The van der Waals surface area contributed by atoms with E-state index >= 15 is 0 Å². The van der Waals surface area contributed by atoms with Crippen LogP contribution in [-0.4, -0.2) is 54.6 Å². The molecule has 2 amide bonds. The summed E-state index contributed by atoms with van der Waals surface area (Å²) in [7, 11) is 0. The van der Waals surface area contributed by atoms with Crippen molar-refractivity contribution in [3.8, 4) is 11.5 Å². The smallest absolute Gasteiger partial charge is 0.254 e. The Bertz CT molecular complexity index is 901. The summed E-state index contributed by atoms with van der Waals surface area (Å²) in [4.78, 5) is 29.3. The first-order valence-corrected chi connectivity index (χ1v) is 9.83. The van der Waals surface area contributed by atoms with Crippen molar-refractivity contribution in [2.75, 3.05) is 33.0 Å². The number of hydrogen-bond donors (Lipinski definition) is 1. The molecule has 0 bridgehead atoms. The van der Waals surface area contributed by atoms with Gasteiger partial charge in [0.25, 0.3) is 5.91 Å². The number of nitrogens with two attached hydrogens (primary N) is 1. The minimum atomic E-state index is -0.350. The van der Waals surface area contributed by atoms with Crippen molar-refractivity contribution in [3.63, 3.8) is 0 Å². The maximum atomic E-state index is 12.9. The lowest BCUT2D eigenvalue weighted by atomic mass is 9.94. The summed E-state index contributed by atoms with van der Waals surface area (Å²) in [6, 6.07) is 14.5. The molecule has 1 saturated heterocycles. The molecule has 4 rings (SSSR count). The van der Waals surface area contributed by atoms with Crippen LogP contribution in [0.25, 0.3) is 0 Å². The van der Waals surface area contributed by atoms with E-state index in [-0.39, 0.29) is 43.0 Å². The molecule has 2 aromatic rings. The lowest BCUT2D eigenvalue weighted by molar-refractivity contribution is -0.137. The minimum Gasteiger partial charge on any atom is -0.454 e. The highest BCUT2D eigenvalue weighted by molar-refractivity contribution is 5.95. The topological polar surface area (TPSA) is 85.1 Å². The normalized spacial score (nSPS) is 17.1. The van der Waals surface area contributed by atoms with E-state index in [2.05, 4.69) is 0 Å². The van der Waals surface area contributed by atoms with Crippen molar-refractivity contribution in [3.05, 3.63) is 59.7 Å². The Kier molecular flexibility index (Phi) is 6.84. The Morgan fingerprint density at radius 3 is 2.27 bits per heavy atom. The number of fused-ring (bicyclic) bond motifs is 1. The SMILES string of the molecule is CC(C(=O)N1CCN(C(=O)c2ccc3c(c2)OCO3)CC1)C(N)c1ccccc1.Cl. The van der Waals surface area contributed by atoms with Crippen molar-refractivity contribution in [1.82, 2.24) is 9.80 Å². The lowest BCUT2D eigenvalue weighted by Crippen LogP contribution is -2.52. The summed E-state index contributed by atoms with van der Waals surface area (Å²) in [5.41, 5.74) is 7.82. The van der Waals surface area contributed by atoms with Crippen molar-refractivity contribution in [1.29, 1.82) is 0 Å². The number of rotatable bonds is 4.